The number of pyridine rings is 1. The van der Waals surface area contributed by atoms with Gasteiger partial charge in [0.2, 0.25) is 11.8 Å². The van der Waals surface area contributed by atoms with Gasteiger partial charge in [0.1, 0.15) is 0 Å². The molecule has 2 N–H and O–H groups in total. The van der Waals surface area contributed by atoms with Crippen molar-refractivity contribution in [2.75, 3.05) is 33.8 Å². The molecule has 1 saturated carbocycles. The summed E-state index contributed by atoms with van der Waals surface area (Å²) in [4.78, 5) is 44.0. The molecule has 34 heavy (non-hydrogen) atoms. The number of fused-ring (bicyclic) bond motifs is 4. The molecular formula is C26H36N4O4. The minimum atomic E-state index is -0.576. The van der Waals surface area contributed by atoms with Gasteiger partial charge in [-0.05, 0) is 76.2 Å². The van der Waals surface area contributed by atoms with E-state index in [1.807, 2.05) is 31.1 Å². The molecule has 2 aliphatic heterocycles. The zero-order valence-electron chi connectivity index (χ0n) is 20.2. The second-order valence-electron chi connectivity index (χ2n) is 10.7. The van der Waals surface area contributed by atoms with Crippen LogP contribution >= 0.6 is 0 Å². The Bertz CT molecular complexity index is 1060. The fraction of sp³-hybridized carbons (Fsp3) is 0.654. The lowest BCUT2D eigenvalue weighted by Gasteiger charge is -2.39. The van der Waals surface area contributed by atoms with E-state index in [1.54, 1.807) is 9.47 Å². The van der Waals surface area contributed by atoms with Gasteiger partial charge in [-0.3, -0.25) is 14.4 Å². The second-order valence-corrected chi connectivity index (χ2v) is 10.7. The summed E-state index contributed by atoms with van der Waals surface area (Å²) in [5, 5.41) is 13.5. The van der Waals surface area contributed by atoms with Crippen molar-refractivity contribution in [2.45, 2.75) is 57.2 Å². The van der Waals surface area contributed by atoms with E-state index in [4.69, 9.17) is 0 Å². The van der Waals surface area contributed by atoms with Crippen molar-refractivity contribution in [3.8, 4) is 0 Å². The number of carbonyl (C=O) groups excluding carboxylic acids is 2. The molecule has 5 rings (SSSR count). The molecule has 2 fully saturated rings. The van der Waals surface area contributed by atoms with Crippen LogP contribution in [0.25, 0.3) is 5.57 Å². The summed E-state index contributed by atoms with van der Waals surface area (Å²) in [7, 11) is 3.69. The lowest BCUT2D eigenvalue weighted by atomic mass is 9.86. The standard InChI is InChI=1S/C26H36N4O4/c1-28(2)14-22(32)30-21-13-29-20(11-10-18(26(29)34)17-6-4-3-5-7-17)24(30)23(19(21)15-31)25(33)27-12-16-8-9-16/h6,10-11,16,19,21,23-24,31H,3-5,7-9,12-15H2,1-2H3,(H,27,33)/t19-,21-,23+,24+/m1/s1. The fourth-order valence-electron chi connectivity index (χ4n) is 6.11. The van der Waals surface area contributed by atoms with Crippen LogP contribution in [0.3, 0.4) is 0 Å². The fourth-order valence-corrected chi connectivity index (χ4v) is 6.11. The van der Waals surface area contributed by atoms with Crippen LogP contribution in [0.2, 0.25) is 0 Å². The summed E-state index contributed by atoms with van der Waals surface area (Å²) in [6.45, 7) is 0.963. The Morgan fingerprint density at radius 1 is 1.21 bits per heavy atom. The highest BCUT2D eigenvalue weighted by Crippen LogP contribution is 2.48. The molecule has 4 atom stereocenters. The summed E-state index contributed by atoms with van der Waals surface area (Å²) >= 11 is 0. The third-order valence-corrected chi connectivity index (χ3v) is 7.99. The molecule has 2 bridgehead atoms. The summed E-state index contributed by atoms with van der Waals surface area (Å²) in [6, 6.07) is 2.87. The van der Waals surface area contributed by atoms with Crippen molar-refractivity contribution in [1.29, 1.82) is 0 Å². The minimum Gasteiger partial charge on any atom is -0.396 e. The Hall–Kier alpha value is -2.45. The van der Waals surface area contributed by atoms with Gasteiger partial charge in [-0.15, -0.1) is 0 Å². The number of aliphatic hydroxyl groups excluding tert-OH is 1. The van der Waals surface area contributed by atoms with Crippen LogP contribution in [0.5, 0.6) is 0 Å². The minimum absolute atomic E-state index is 0.0453. The number of aliphatic hydroxyl groups is 1. The molecule has 184 valence electrons. The quantitative estimate of drug-likeness (QED) is 0.631. The maximum atomic E-state index is 13.6. The Kier molecular flexibility index (Phi) is 6.37. The topological polar surface area (TPSA) is 94.9 Å². The summed E-state index contributed by atoms with van der Waals surface area (Å²) < 4.78 is 1.77. The second kappa shape index (κ2) is 9.30. The number of allylic oxidation sites excluding steroid dienone is 2. The van der Waals surface area contributed by atoms with Crippen LogP contribution < -0.4 is 10.9 Å². The van der Waals surface area contributed by atoms with E-state index in [9.17, 15) is 19.5 Å². The molecule has 1 aromatic rings. The van der Waals surface area contributed by atoms with Gasteiger partial charge in [-0.1, -0.05) is 6.08 Å². The Labute approximate surface area is 200 Å². The molecule has 2 aliphatic carbocycles. The van der Waals surface area contributed by atoms with E-state index in [-0.39, 0.29) is 36.6 Å². The Morgan fingerprint density at radius 3 is 2.65 bits per heavy atom. The molecule has 8 heteroatoms. The largest absolute Gasteiger partial charge is 0.396 e. The van der Waals surface area contributed by atoms with Gasteiger partial charge in [0.05, 0.1) is 24.5 Å². The first kappa shape index (κ1) is 23.3. The predicted molar refractivity (Wildman–Crippen MR) is 129 cm³/mol. The Morgan fingerprint density at radius 2 is 2.00 bits per heavy atom. The van der Waals surface area contributed by atoms with Crippen molar-refractivity contribution >= 4 is 17.4 Å². The average Bonchev–Trinajstić information content (AvgIpc) is 3.61. The van der Waals surface area contributed by atoms with Gasteiger partial charge >= 0.3 is 0 Å². The van der Waals surface area contributed by atoms with Crippen LogP contribution in [0, 0.1) is 17.8 Å². The molecule has 4 aliphatic rings. The van der Waals surface area contributed by atoms with Crippen LogP contribution in [-0.2, 0) is 16.1 Å². The molecule has 0 spiro atoms. The van der Waals surface area contributed by atoms with E-state index in [0.717, 1.165) is 49.7 Å². The number of nitrogens with zero attached hydrogens (tertiary/aromatic N) is 3. The summed E-state index contributed by atoms with van der Waals surface area (Å²) in [5.41, 5.74) is 2.49. The zero-order chi connectivity index (χ0) is 24.0. The SMILES string of the molecule is CN(C)CC(=O)N1[C@@H]2Cn3c(ccc(C4=CCCCC4)c3=O)[C@H]1[C@@H](C(=O)NCC1CC1)[C@@H]2CO. The van der Waals surface area contributed by atoms with Crippen molar-refractivity contribution < 1.29 is 14.7 Å². The highest BCUT2D eigenvalue weighted by molar-refractivity contribution is 5.85. The number of amides is 2. The summed E-state index contributed by atoms with van der Waals surface area (Å²) in [5.74, 6) is -0.653. The number of carbonyl (C=O) groups is 2. The molecule has 3 heterocycles. The smallest absolute Gasteiger partial charge is 0.258 e. The van der Waals surface area contributed by atoms with Gasteiger partial charge in [-0.2, -0.15) is 0 Å². The number of likely N-dealkylation sites (N-methyl/N-ethyl adjacent to an activating group) is 1. The van der Waals surface area contributed by atoms with Crippen molar-refractivity contribution in [2.24, 2.45) is 17.8 Å². The van der Waals surface area contributed by atoms with Gasteiger partial charge in [0, 0.05) is 36.9 Å². The van der Waals surface area contributed by atoms with Crippen molar-refractivity contribution in [3.05, 3.63) is 39.8 Å². The first-order chi connectivity index (χ1) is 16.4. The third kappa shape index (κ3) is 4.11. The maximum absolute atomic E-state index is 13.6. The van der Waals surface area contributed by atoms with E-state index in [2.05, 4.69) is 11.4 Å². The molecule has 1 aromatic heterocycles. The van der Waals surface area contributed by atoms with Gasteiger partial charge in [0.25, 0.3) is 5.56 Å². The highest BCUT2D eigenvalue weighted by Gasteiger charge is 2.57. The lowest BCUT2D eigenvalue weighted by molar-refractivity contribution is -0.137. The van der Waals surface area contributed by atoms with Crippen LogP contribution in [0.1, 0.15) is 55.8 Å². The van der Waals surface area contributed by atoms with Crippen LogP contribution in [0.4, 0.5) is 0 Å². The van der Waals surface area contributed by atoms with E-state index < -0.39 is 17.9 Å². The van der Waals surface area contributed by atoms with Crippen molar-refractivity contribution in [1.82, 2.24) is 19.7 Å². The molecule has 1 saturated heterocycles. The molecule has 2 amide bonds. The molecule has 0 unspecified atom stereocenters. The monoisotopic (exact) mass is 468 g/mol. The first-order valence-electron chi connectivity index (χ1n) is 12.7. The van der Waals surface area contributed by atoms with E-state index >= 15 is 0 Å². The van der Waals surface area contributed by atoms with Gasteiger partial charge in [-0.25, -0.2) is 0 Å². The molecule has 0 radical (unpaired) electrons. The number of aromatic nitrogens is 1. The van der Waals surface area contributed by atoms with Crippen LogP contribution in [0.15, 0.2) is 23.0 Å². The zero-order valence-corrected chi connectivity index (χ0v) is 20.2. The van der Waals surface area contributed by atoms with Crippen LogP contribution in [-0.4, -0.2) is 71.1 Å². The summed E-state index contributed by atoms with van der Waals surface area (Å²) in [6.07, 6.45) is 8.56. The number of hydrogen-bond acceptors (Lipinski definition) is 5. The highest BCUT2D eigenvalue weighted by atomic mass is 16.3. The Balaban J connectivity index is 1.56. The molecule has 8 nitrogen and oxygen atoms in total. The van der Waals surface area contributed by atoms with E-state index in [1.165, 1.54) is 0 Å². The molecular weight excluding hydrogens is 432 g/mol. The normalized spacial score (nSPS) is 28.0. The maximum Gasteiger partial charge on any atom is 0.258 e. The van der Waals surface area contributed by atoms with E-state index in [0.29, 0.717) is 24.7 Å². The average molecular weight is 469 g/mol. The molecule has 0 aromatic carbocycles. The third-order valence-electron chi connectivity index (χ3n) is 7.99. The van der Waals surface area contributed by atoms with Gasteiger partial charge in [0.15, 0.2) is 0 Å². The first-order valence-corrected chi connectivity index (χ1v) is 12.7. The number of rotatable bonds is 7. The van der Waals surface area contributed by atoms with Crippen molar-refractivity contribution in [3.63, 3.8) is 0 Å². The predicted octanol–water partition coefficient (Wildman–Crippen LogP) is 1.38. The van der Waals surface area contributed by atoms with Gasteiger partial charge < -0.3 is 24.8 Å². The lowest BCUT2D eigenvalue weighted by Crippen LogP contribution is -2.51. The number of nitrogens with one attached hydrogen (secondary N) is 1. The number of hydrogen-bond donors (Lipinski definition) is 2.